The van der Waals surface area contributed by atoms with Crippen LogP contribution < -0.4 is 0 Å². The molecule has 0 N–H and O–H groups in total. The van der Waals surface area contributed by atoms with Crippen LogP contribution in [0.1, 0.15) is 30.3 Å². The molecular formula is C16H19FN4O2. The zero-order valence-electron chi connectivity index (χ0n) is 13.4. The fourth-order valence-electron chi connectivity index (χ4n) is 2.62. The minimum absolute atomic E-state index is 0.00423. The van der Waals surface area contributed by atoms with Crippen LogP contribution in [-0.2, 0) is 4.74 Å². The van der Waals surface area contributed by atoms with E-state index < -0.39 is 0 Å². The zero-order valence-corrected chi connectivity index (χ0v) is 13.4. The first-order chi connectivity index (χ1) is 11.0. The topological polar surface area (TPSA) is 60.3 Å². The lowest BCUT2D eigenvalue weighted by molar-refractivity contribution is -0.0391. The number of carbonyl (C=O) groups excluding carboxylic acids is 1. The van der Waals surface area contributed by atoms with Gasteiger partial charge < -0.3 is 9.64 Å². The highest BCUT2D eigenvalue weighted by Crippen LogP contribution is 2.16. The molecule has 1 aromatic heterocycles. The van der Waals surface area contributed by atoms with E-state index in [0.717, 1.165) is 0 Å². The molecule has 0 aliphatic carbocycles. The van der Waals surface area contributed by atoms with E-state index in [1.54, 1.807) is 28.6 Å². The second kappa shape index (κ2) is 6.08. The van der Waals surface area contributed by atoms with Gasteiger partial charge in [0, 0.05) is 6.54 Å². The van der Waals surface area contributed by atoms with Crippen LogP contribution in [0.15, 0.2) is 24.3 Å². The molecule has 2 heterocycles. The van der Waals surface area contributed by atoms with E-state index in [4.69, 9.17) is 4.74 Å². The van der Waals surface area contributed by atoms with Crippen molar-refractivity contribution in [1.29, 1.82) is 0 Å². The van der Waals surface area contributed by atoms with E-state index in [2.05, 4.69) is 10.1 Å². The molecule has 1 aliphatic rings. The molecule has 0 saturated carbocycles. The molecule has 7 heteroatoms. The first-order valence-electron chi connectivity index (χ1n) is 7.58. The van der Waals surface area contributed by atoms with E-state index in [9.17, 15) is 9.18 Å². The summed E-state index contributed by atoms with van der Waals surface area (Å²) < 4.78 is 20.1. The number of hydrogen-bond donors (Lipinski definition) is 0. The molecule has 1 aromatic carbocycles. The zero-order chi connectivity index (χ0) is 16.6. The number of carbonyl (C=O) groups is 1. The molecule has 0 radical (unpaired) electrons. The first-order valence-corrected chi connectivity index (χ1v) is 7.58. The van der Waals surface area contributed by atoms with Gasteiger partial charge in [0.2, 0.25) is 5.82 Å². The van der Waals surface area contributed by atoms with Gasteiger partial charge in [-0.1, -0.05) is 0 Å². The molecule has 6 nitrogen and oxygen atoms in total. The van der Waals surface area contributed by atoms with E-state index in [1.807, 2.05) is 13.8 Å². The molecule has 1 saturated heterocycles. The van der Waals surface area contributed by atoms with Gasteiger partial charge >= 0.3 is 0 Å². The Morgan fingerprint density at radius 3 is 2.70 bits per heavy atom. The van der Waals surface area contributed by atoms with E-state index in [0.29, 0.717) is 24.7 Å². The van der Waals surface area contributed by atoms with Gasteiger partial charge in [0.25, 0.3) is 5.91 Å². The number of morpholine rings is 1. The number of nitrogens with zero attached hydrogens (tertiary/aromatic N) is 4. The minimum Gasteiger partial charge on any atom is -0.375 e. The molecule has 1 amide bonds. The quantitative estimate of drug-likeness (QED) is 0.849. The van der Waals surface area contributed by atoms with Crippen molar-refractivity contribution in [1.82, 2.24) is 19.7 Å². The summed E-state index contributed by atoms with van der Waals surface area (Å²) in [6.07, 6.45) is -0.00423. The lowest BCUT2D eigenvalue weighted by atomic mass is 10.2. The number of ether oxygens (including phenoxy) is 1. The molecule has 1 fully saturated rings. The smallest absolute Gasteiger partial charge is 0.293 e. The van der Waals surface area contributed by atoms with Gasteiger partial charge in [-0.3, -0.25) is 4.79 Å². The average Bonchev–Trinajstić information content (AvgIpc) is 2.92. The molecule has 1 aliphatic heterocycles. The van der Waals surface area contributed by atoms with Gasteiger partial charge in [-0.2, -0.15) is 0 Å². The summed E-state index contributed by atoms with van der Waals surface area (Å²) in [6, 6.07) is 5.89. The number of hydrogen-bond acceptors (Lipinski definition) is 4. The van der Waals surface area contributed by atoms with Crippen LogP contribution in [0.4, 0.5) is 4.39 Å². The Labute approximate surface area is 133 Å². The number of halogens is 1. The Morgan fingerprint density at radius 2 is 2.00 bits per heavy atom. The molecule has 2 atom stereocenters. The highest BCUT2D eigenvalue weighted by atomic mass is 19.1. The summed E-state index contributed by atoms with van der Waals surface area (Å²) in [5, 5.41) is 4.30. The van der Waals surface area contributed by atoms with Crippen molar-refractivity contribution < 1.29 is 13.9 Å². The average molecular weight is 318 g/mol. The predicted octanol–water partition coefficient (Wildman–Crippen LogP) is 1.96. The van der Waals surface area contributed by atoms with E-state index in [1.165, 1.54) is 12.1 Å². The second-order valence-electron chi connectivity index (χ2n) is 5.82. The molecule has 0 unspecified atom stereocenters. The van der Waals surface area contributed by atoms with Crippen LogP contribution in [0.2, 0.25) is 0 Å². The van der Waals surface area contributed by atoms with Crippen LogP contribution in [0.3, 0.4) is 0 Å². The molecule has 122 valence electrons. The summed E-state index contributed by atoms with van der Waals surface area (Å²) in [5.41, 5.74) is 0.666. The number of amides is 1. The number of aromatic nitrogens is 3. The Kier molecular flexibility index (Phi) is 4.12. The molecule has 3 rings (SSSR count). The Morgan fingerprint density at radius 1 is 1.30 bits per heavy atom. The minimum atomic E-state index is -0.320. The third kappa shape index (κ3) is 3.10. The molecule has 2 aromatic rings. The van der Waals surface area contributed by atoms with Gasteiger partial charge in [-0.25, -0.2) is 14.1 Å². The highest BCUT2D eigenvalue weighted by molar-refractivity contribution is 5.90. The van der Waals surface area contributed by atoms with Crippen LogP contribution in [0.25, 0.3) is 5.69 Å². The summed E-state index contributed by atoms with van der Waals surface area (Å²) >= 11 is 0. The highest BCUT2D eigenvalue weighted by Gasteiger charge is 2.30. The summed E-state index contributed by atoms with van der Waals surface area (Å²) in [6.45, 7) is 6.66. The standard InChI is InChI=1S/C16H19FN4O2/c1-10-9-23-11(2)8-20(10)16(22)15-18-12(3)21(19-15)14-6-4-13(17)5-7-14/h4-7,10-11H,8-9H2,1-3H3/t10-,11-/m1/s1. The monoisotopic (exact) mass is 318 g/mol. The lowest BCUT2D eigenvalue weighted by Gasteiger charge is -2.36. The number of rotatable bonds is 2. The van der Waals surface area contributed by atoms with Crippen LogP contribution in [0, 0.1) is 12.7 Å². The number of aryl methyl sites for hydroxylation is 1. The normalized spacial score (nSPS) is 21.5. The maximum Gasteiger partial charge on any atom is 0.293 e. The Hall–Kier alpha value is -2.28. The van der Waals surface area contributed by atoms with E-state index in [-0.39, 0.29) is 29.7 Å². The van der Waals surface area contributed by atoms with Crippen molar-refractivity contribution in [2.45, 2.75) is 32.9 Å². The van der Waals surface area contributed by atoms with Crippen molar-refractivity contribution >= 4 is 5.91 Å². The largest absolute Gasteiger partial charge is 0.375 e. The summed E-state index contributed by atoms with van der Waals surface area (Å²) in [7, 11) is 0. The maximum absolute atomic E-state index is 13.0. The molecule has 0 bridgehead atoms. The van der Waals surface area contributed by atoms with Gasteiger partial charge in [-0.05, 0) is 45.0 Å². The van der Waals surface area contributed by atoms with Crippen LogP contribution in [0.5, 0.6) is 0 Å². The van der Waals surface area contributed by atoms with Gasteiger partial charge in [0.1, 0.15) is 11.6 Å². The van der Waals surface area contributed by atoms with Crippen molar-refractivity contribution in [2.75, 3.05) is 13.2 Å². The van der Waals surface area contributed by atoms with Gasteiger partial charge in [0.15, 0.2) is 0 Å². The molecular weight excluding hydrogens is 299 g/mol. The Bertz CT molecular complexity index is 713. The summed E-state index contributed by atoms with van der Waals surface area (Å²) in [5.74, 6) is 0.192. The summed E-state index contributed by atoms with van der Waals surface area (Å²) in [4.78, 5) is 18.7. The third-order valence-electron chi connectivity index (χ3n) is 3.90. The second-order valence-corrected chi connectivity index (χ2v) is 5.82. The van der Waals surface area contributed by atoms with Crippen molar-refractivity contribution in [2.24, 2.45) is 0 Å². The van der Waals surface area contributed by atoms with Crippen LogP contribution in [-0.4, -0.2) is 50.9 Å². The first kappa shape index (κ1) is 15.6. The maximum atomic E-state index is 13.0. The fraction of sp³-hybridized carbons (Fsp3) is 0.438. The van der Waals surface area contributed by atoms with Crippen molar-refractivity contribution in [3.05, 3.63) is 41.7 Å². The fourth-order valence-corrected chi connectivity index (χ4v) is 2.62. The number of benzene rings is 1. The predicted molar refractivity (Wildman–Crippen MR) is 82.0 cm³/mol. The van der Waals surface area contributed by atoms with Gasteiger partial charge in [-0.15, -0.1) is 5.10 Å². The molecule has 0 spiro atoms. The SMILES string of the molecule is Cc1nc(C(=O)N2C[C@@H](C)OC[C@H]2C)nn1-c1ccc(F)cc1. The molecule has 23 heavy (non-hydrogen) atoms. The lowest BCUT2D eigenvalue weighted by Crippen LogP contribution is -2.50. The Balaban J connectivity index is 1.88. The van der Waals surface area contributed by atoms with Crippen LogP contribution >= 0.6 is 0 Å². The third-order valence-corrected chi connectivity index (χ3v) is 3.90. The van der Waals surface area contributed by atoms with E-state index >= 15 is 0 Å². The van der Waals surface area contributed by atoms with Gasteiger partial charge in [0.05, 0.1) is 24.4 Å². The van der Waals surface area contributed by atoms with Crippen molar-refractivity contribution in [3.8, 4) is 5.69 Å². The van der Waals surface area contributed by atoms with Crippen molar-refractivity contribution in [3.63, 3.8) is 0 Å².